The maximum atomic E-state index is 11.3. The van der Waals surface area contributed by atoms with Crippen molar-refractivity contribution in [2.75, 3.05) is 37.4 Å². The Labute approximate surface area is 163 Å². The average Bonchev–Trinajstić information content (AvgIpc) is 2.92. The van der Waals surface area contributed by atoms with E-state index in [4.69, 9.17) is 0 Å². The van der Waals surface area contributed by atoms with Gasteiger partial charge >= 0.3 is 0 Å². The van der Waals surface area contributed by atoms with E-state index >= 15 is 0 Å². The van der Waals surface area contributed by atoms with Crippen LogP contribution in [0.5, 0.6) is 0 Å². The van der Waals surface area contributed by atoms with E-state index in [1.54, 1.807) is 0 Å². The molecule has 0 aromatic carbocycles. The molecule has 1 atom stereocenters. The summed E-state index contributed by atoms with van der Waals surface area (Å²) in [6, 6.07) is 0. The summed E-state index contributed by atoms with van der Waals surface area (Å²) >= 11 is 2.02. The minimum atomic E-state index is -2.91. The van der Waals surface area contributed by atoms with Crippen LogP contribution in [0, 0.1) is 5.41 Å². The first kappa shape index (κ1) is 23.3. The minimum absolute atomic E-state index is 0. The highest BCUT2D eigenvalue weighted by atomic mass is 127. The molecule has 1 unspecified atom stereocenters. The van der Waals surface area contributed by atoms with E-state index in [-0.39, 0.29) is 35.1 Å². The molecule has 1 fully saturated rings. The van der Waals surface area contributed by atoms with Crippen molar-refractivity contribution in [3.05, 3.63) is 0 Å². The van der Waals surface area contributed by atoms with Crippen molar-refractivity contribution in [1.29, 1.82) is 0 Å². The zero-order chi connectivity index (χ0) is 16.6. The van der Waals surface area contributed by atoms with E-state index in [1.807, 2.05) is 11.8 Å². The van der Waals surface area contributed by atoms with Crippen molar-refractivity contribution >= 4 is 51.5 Å². The summed E-state index contributed by atoms with van der Waals surface area (Å²) in [4.78, 5) is 4.64. The summed E-state index contributed by atoms with van der Waals surface area (Å²) < 4.78 is 22.6. The number of halogens is 1. The third-order valence-corrected chi connectivity index (χ3v) is 6.02. The molecule has 2 N–H and O–H groups in total. The van der Waals surface area contributed by atoms with Crippen molar-refractivity contribution < 1.29 is 8.42 Å². The first-order valence-electron chi connectivity index (χ1n) is 8.03. The molecule has 5 nitrogen and oxygen atoms in total. The molecule has 23 heavy (non-hydrogen) atoms. The fourth-order valence-corrected chi connectivity index (χ4v) is 4.32. The Hall–Kier alpha value is 0.300. The van der Waals surface area contributed by atoms with Crippen molar-refractivity contribution in [3.63, 3.8) is 0 Å². The molecule has 0 aliphatic carbocycles. The van der Waals surface area contributed by atoms with Gasteiger partial charge in [-0.25, -0.2) is 8.42 Å². The zero-order valence-corrected chi connectivity index (χ0v) is 18.7. The van der Waals surface area contributed by atoms with Crippen LogP contribution in [0.15, 0.2) is 4.99 Å². The first-order chi connectivity index (χ1) is 10.2. The predicted molar refractivity (Wildman–Crippen MR) is 113 cm³/mol. The largest absolute Gasteiger partial charge is 0.357 e. The predicted octanol–water partition coefficient (Wildman–Crippen LogP) is 2.52. The van der Waals surface area contributed by atoms with E-state index in [2.05, 4.69) is 36.4 Å². The van der Waals surface area contributed by atoms with Crippen LogP contribution in [-0.4, -0.2) is 57.0 Å². The van der Waals surface area contributed by atoms with Crippen molar-refractivity contribution in [2.45, 2.75) is 45.3 Å². The van der Waals surface area contributed by atoms with Crippen LogP contribution in [-0.2, 0) is 9.84 Å². The molecule has 1 aliphatic heterocycles. The van der Waals surface area contributed by atoms with Crippen LogP contribution < -0.4 is 10.6 Å². The highest BCUT2D eigenvalue weighted by Gasteiger charge is 2.20. The Balaban J connectivity index is 0.00000484. The molecule has 138 valence electrons. The van der Waals surface area contributed by atoms with Gasteiger partial charge in [-0.05, 0) is 37.4 Å². The Bertz CT molecular complexity index is 461. The maximum absolute atomic E-state index is 11.3. The van der Waals surface area contributed by atoms with Gasteiger partial charge in [0.05, 0.1) is 5.75 Å². The first-order valence-corrected chi connectivity index (χ1v) is 11.1. The van der Waals surface area contributed by atoms with Crippen LogP contribution in [0.2, 0.25) is 0 Å². The number of hydrogen-bond donors (Lipinski definition) is 2. The van der Waals surface area contributed by atoms with Crippen LogP contribution in [0.25, 0.3) is 0 Å². The monoisotopic (exact) mass is 477 g/mol. The lowest BCUT2D eigenvalue weighted by atomic mass is 9.90. The molecule has 0 spiro atoms. The number of aliphatic imine (C=N–C) groups is 1. The molecule has 0 aromatic rings. The smallest absolute Gasteiger partial charge is 0.191 e. The summed E-state index contributed by atoms with van der Waals surface area (Å²) in [7, 11) is -2.91. The van der Waals surface area contributed by atoms with E-state index in [0.29, 0.717) is 18.2 Å². The van der Waals surface area contributed by atoms with Gasteiger partial charge in [-0.15, -0.1) is 24.0 Å². The Morgan fingerprint density at radius 1 is 1.35 bits per heavy atom. The molecule has 1 saturated heterocycles. The quantitative estimate of drug-likeness (QED) is 0.320. The van der Waals surface area contributed by atoms with Crippen LogP contribution in [0.3, 0.4) is 0 Å². The van der Waals surface area contributed by atoms with Crippen LogP contribution >= 0.6 is 35.7 Å². The molecule has 1 heterocycles. The van der Waals surface area contributed by atoms with E-state index < -0.39 is 9.84 Å². The molecule has 0 bridgehead atoms. The Kier molecular flexibility index (Phi) is 11.2. The van der Waals surface area contributed by atoms with Crippen LogP contribution in [0.1, 0.15) is 40.0 Å². The third-order valence-electron chi connectivity index (χ3n) is 3.68. The van der Waals surface area contributed by atoms with Gasteiger partial charge < -0.3 is 10.6 Å². The van der Waals surface area contributed by atoms with E-state index in [1.165, 1.54) is 24.9 Å². The lowest BCUT2D eigenvalue weighted by molar-refractivity contribution is 0.365. The van der Waals surface area contributed by atoms with E-state index in [0.717, 1.165) is 19.0 Å². The summed E-state index contributed by atoms with van der Waals surface area (Å²) in [5, 5.41) is 7.35. The molecule has 8 heteroatoms. The highest BCUT2D eigenvalue weighted by molar-refractivity contribution is 14.0. The normalized spacial score (nSPS) is 19.3. The molecule has 0 saturated carbocycles. The summed E-state index contributed by atoms with van der Waals surface area (Å²) in [5.41, 5.74) is -0.118. The fraction of sp³-hybridized carbons (Fsp3) is 0.933. The standard InChI is InChI=1S/C15H31N3O2S2.HI/c1-5-16-14(17-11-13-7-6-9-21-13)18-12-15(2,3)8-10-22(4,19)20;/h13H,5-12H2,1-4H3,(H2,16,17,18);1H. The third kappa shape index (κ3) is 11.5. The highest BCUT2D eigenvalue weighted by Crippen LogP contribution is 2.25. The second kappa shape index (κ2) is 11.0. The van der Waals surface area contributed by atoms with Gasteiger partial charge in [-0.1, -0.05) is 13.8 Å². The van der Waals surface area contributed by atoms with Crippen molar-refractivity contribution in [2.24, 2.45) is 10.4 Å². The minimum Gasteiger partial charge on any atom is -0.357 e. The van der Waals surface area contributed by atoms with Crippen LogP contribution in [0.4, 0.5) is 0 Å². The molecule has 0 radical (unpaired) electrons. The number of nitrogens with zero attached hydrogens (tertiary/aromatic N) is 1. The van der Waals surface area contributed by atoms with Gasteiger partial charge in [0.2, 0.25) is 0 Å². The summed E-state index contributed by atoms with van der Waals surface area (Å²) in [5.74, 6) is 2.32. The molecular formula is C15H32IN3O2S2. The number of sulfone groups is 1. The molecule has 0 amide bonds. The fourth-order valence-electron chi connectivity index (χ4n) is 2.19. The van der Waals surface area contributed by atoms with Gasteiger partial charge in [0.1, 0.15) is 9.84 Å². The molecule has 0 aromatic heterocycles. The van der Waals surface area contributed by atoms with E-state index in [9.17, 15) is 8.42 Å². The zero-order valence-electron chi connectivity index (χ0n) is 14.7. The Morgan fingerprint density at radius 2 is 2.04 bits per heavy atom. The SMILES string of the molecule is CCNC(=NCC(C)(C)CCS(C)(=O)=O)NCC1CCCS1.I. The molecule has 1 rings (SSSR count). The second-order valence-electron chi connectivity index (χ2n) is 6.76. The number of thioether (sulfide) groups is 1. The summed E-state index contributed by atoms with van der Waals surface area (Å²) in [6.45, 7) is 8.58. The number of guanidine groups is 1. The molecular weight excluding hydrogens is 445 g/mol. The number of rotatable bonds is 8. The number of hydrogen-bond acceptors (Lipinski definition) is 4. The van der Waals surface area contributed by atoms with Gasteiger partial charge in [0.15, 0.2) is 5.96 Å². The second-order valence-corrected chi connectivity index (χ2v) is 10.4. The van der Waals surface area contributed by atoms with Gasteiger partial charge in [0, 0.05) is 31.1 Å². The maximum Gasteiger partial charge on any atom is 0.191 e. The lowest BCUT2D eigenvalue weighted by Gasteiger charge is -2.23. The summed E-state index contributed by atoms with van der Waals surface area (Å²) in [6.07, 6.45) is 4.50. The van der Waals surface area contributed by atoms with Gasteiger partial charge in [-0.2, -0.15) is 11.8 Å². The van der Waals surface area contributed by atoms with Crippen molar-refractivity contribution in [1.82, 2.24) is 10.6 Å². The van der Waals surface area contributed by atoms with Gasteiger partial charge in [0.25, 0.3) is 0 Å². The Morgan fingerprint density at radius 3 is 2.57 bits per heavy atom. The molecule has 1 aliphatic rings. The van der Waals surface area contributed by atoms with Crippen molar-refractivity contribution in [3.8, 4) is 0 Å². The van der Waals surface area contributed by atoms with Gasteiger partial charge in [-0.3, -0.25) is 4.99 Å². The lowest BCUT2D eigenvalue weighted by Crippen LogP contribution is -2.40. The topological polar surface area (TPSA) is 70.6 Å². The average molecular weight is 477 g/mol. The number of nitrogens with one attached hydrogen (secondary N) is 2.